The smallest absolute Gasteiger partial charge is 0.466 e. The van der Waals surface area contributed by atoms with Crippen LogP contribution in [0.2, 0.25) is 0 Å². The highest BCUT2D eigenvalue weighted by molar-refractivity contribution is 7.18. The van der Waals surface area contributed by atoms with Crippen LogP contribution in [0.5, 0.6) is 5.75 Å². The number of aromatic nitrogens is 4. The molecule has 49 heavy (non-hydrogen) atoms. The number of rotatable bonds is 11. The maximum atomic E-state index is 12.8. The third-order valence-electron chi connectivity index (χ3n) is 8.72. The van der Waals surface area contributed by atoms with Gasteiger partial charge in [0.1, 0.15) is 16.6 Å². The first-order chi connectivity index (χ1) is 23.7. The standard InChI is InChI=1S/C35H36F3N7O3S/c1-3-43-14-16-44(17-15-43)29-21-30-28(39-32(45(30)25-10-11-25)23-8-12-26(13-9-23)48-35(36,37)38)20-27(29)40-34-42-41-33(49-34)24-7-5-6-22(18-24)19-31(46)47-4-2/h5-9,12-13,18,20-21,25H,3-4,10-11,14-17,19H2,1-2H3,(H,40,42). The summed E-state index contributed by atoms with van der Waals surface area (Å²) in [5, 5.41) is 13.8. The summed E-state index contributed by atoms with van der Waals surface area (Å²) in [6, 6.07) is 18.0. The van der Waals surface area contributed by atoms with E-state index in [0.717, 1.165) is 79.1 Å². The normalized spacial score (nSPS) is 15.5. The van der Waals surface area contributed by atoms with Gasteiger partial charge in [0, 0.05) is 43.3 Å². The fraction of sp³-hybridized carbons (Fsp3) is 0.371. The van der Waals surface area contributed by atoms with Crippen LogP contribution in [0.1, 0.15) is 38.3 Å². The van der Waals surface area contributed by atoms with Gasteiger partial charge in [-0.3, -0.25) is 4.79 Å². The molecule has 1 aliphatic heterocycles. The zero-order valence-corrected chi connectivity index (χ0v) is 28.0. The molecule has 1 N–H and O–H groups in total. The Bertz CT molecular complexity index is 1950. The number of imidazole rings is 1. The lowest BCUT2D eigenvalue weighted by molar-refractivity contribution is -0.274. The number of halogens is 3. The van der Waals surface area contributed by atoms with Crippen molar-refractivity contribution in [2.75, 3.05) is 49.5 Å². The molecular weight excluding hydrogens is 655 g/mol. The van der Waals surface area contributed by atoms with Crippen LogP contribution in [0.4, 0.5) is 29.7 Å². The number of nitrogens with zero attached hydrogens (tertiary/aromatic N) is 6. The summed E-state index contributed by atoms with van der Waals surface area (Å²) < 4.78 is 49.8. The van der Waals surface area contributed by atoms with Crippen molar-refractivity contribution in [1.29, 1.82) is 0 Å². The lowest BCUT2D eigenvalue weighted by Crippen LogP contribution is -2.46. The zero-order valence-electron chi connectivity index (χ0n) is 27.2. The van der Waals surface area contributed by atoms with Crippen molar-refractivity contribution in [3.05, 3.63) is 66.2 Å². The molecule has 2 aliphatic rings. The third-order valence-corrected chi connectivity index (χ3v) is 9.61. The second-order valence-corrected chi connectivity index (χ2v) is 13.1. The van der Waals surface area contributed by atoms with E-state index in [9.17, 15) is 18.0 Å². The van der Waals surface area contributed by atoms with Gasteiger partial charge >= 0.3 is 12.3 Å². The number of hydrogen-bond acceptors (Lipinski definition) is 10. The minimum atomic E-state index is -4.76. The number of carbonyl (C=O) groups excluding carboxylic acids is 1. The largest absolute Gasteiger partial charge is 0.573 e. The quantitative estimate of drug-likeness (QED) is 0.142. The zero-order chi connectivity index (χ0) is 34.1. The summed E-state index contributed by atoms with van der Waals surface area (Å²) in [5.41, 5.74) is 6.03. The average molecular weight is 692 g/mol. The van der Waals surface area contributed by atoms with Crippen molar-refractivity contribution in [2.24, 2.45) is 0 Å². The molecule has 0 unspecified atom stereocenters. The second-order valence-electron chi connectivity index (χ2n) is 12.1. The van der Waals surface area contributed by atoms with Crippen LogP contribution in [0, 0.1) is 0 Å². The molecule has 256 valence electrons. The van der Waals surface area contributed by atoms with Crippen molar-refractivity contribution in [1.82, 2.24) is 24.6 Å². The van der Waals surface area contributed by atoms with Crippen LogP contribution in [0.3, 0.4) is 0 Å². The molecule has 0 atom stereocenters. The molecule has 0 bridgehead atoms. The predicted octanol–water partition coefficient (Wildman–Crippen LogP) is 7.45. The van der Waals surface area contributed by atoms with Gasteiger partial charge in [0.15, 0.2) is 0 Å². The van der Waals surface area contributed by atoms with E-state index >= 15 is 0 Å². The summed E-state index contributed by atoms with van der Waals surface area (Å²) in [4.78, 5) is 21.9. The average Bonchev–Trinajstić information content (AvgIpc) is 3.69. The molecule has 2 aromatic heterocycles. The van der Waals surface area contributed by atoms with Gasteiger partial charge in [-0.25, -0.2) is 4.98 Å². The first kappa shape index (κ1) is 32.8. The summed E-state index contributed by atoms with van der Waals surface area (Å²) in [7, 11) is 0. The van der Waals surface area contributed by atoms with Crippen molar-refractivity contribution in [3.8, 4) is 27.7 Å². The van der Waals surface area contributed by atoms with E-state index in [1.165, 1.54) is 23.5 Å². The lowest BCUT2D eigenvalue weighted by Gasteiger charge is -2.36. The molecule has 3 aromatic carbocycles. The highest BCUT2D eigenvalue weighted by Crippen LogP contribution is 2.44. The number of piperazine rings is 1. The molecule has 5 aromatic rings. The lowest BCUT2D eigenvalue weighted by atomic mass is 10.1. The Labute approximate surface area is 285 Å². The van der Waals surface area contributed by atoms with Crippen molar-refractivity contribution < 1.29 is 27.4 Å². The molecule has 1 aliphatic carbocycles. The molecule has 0 radical (unpaired) electrons. The molecular formula is C35H36F3N7O3S. The fourth-order valence-electron chi connectivity index (χ4n) is 6.21. The van der Waals surface area contributed by atoms with E-state index in [1.807, 2.05) is 30.3 Å². The Hall–Kier alpha value is -4.69. The van der Waals surface area contributed by atoms with E-state index in [2.05, 4.69) is 47.6 Å². The van der Waals surface area contributed by atoms with Gasteiger partial charge in [-0.05, 0) is 74.3 Å². The summed E-state index contributed by atoms with van der Waals surface area (Å²) in [5.74, 6) is 0.157. The maximum absolute atomic E-state index is 12.8. The van der Waals surface area contributed by atoms with E-state index < -0.39 is 6.36 Å². The van der Waals surface area contributed by atoms with Crippen LogP contribution < -0.4 is 15.0 Å². The number of esters is 1. The van der Waals surface area contributed by atoms with Crippen LogP contribution >= 0.6 is 11.3 Å². The van der Waals surface area contributed by atoms with Gasteiger partial charge in [-0.2, -0.15) is 0 Å². The molecule has 0 spiro atoms. The van der Waals surface area contributed by atoms with Gasteiger partial charge in [-0.15, -0.1) is 23.4 Å². The number of benzene rings is 3. The molecule has 1 saturated carbocycles. The number of hydrogen-bond donors (Lipinski definition) is 1. The van der Waals surface area contributed by atoms with Crippen molar-refractivity contribution in [2.45, 2.75) is 45.5 Å². The molecule has 3 heterocycles. The monoisotopic (exact) mass is 691 g/mol. The number of likely N-dealkylation sites (N-methyl/N-ethyl adjacent to an activating group) is 1. The molecule has 10 nitrogen and oxygen atoms in total. The Morgan fingerprint density at radius 2 is 1.76 bits per heavy atom. The molecule has 14 heteroatoms. The fourth-order valence-corrected chi connectivity index (χ4v) is 6.96. The Kier molecular flexibility index (Phi) is 9.16. The number of carbonyl (C=O) groups is 1. The molecule has 2 fully saturated rings. The highest BCUT2D eigenvalue weighted by atomic mass is 32.1. The first-order valence-corrected chi connectivity index (χ1v) is 17.2. The van der Waals surface area contributed by atoms with E-state index in [0.29, 0.717) is 28.1 Å². The SMILES string of the molecule is CCOC(=O)Cc1cccc(-c2nnc(Nc3cc4nc(-c5ccc(OC(F)(F)F)cc5)n(C5CC5)c4cc3N3CCN(CC)CC3)s2)c1. The molecule has 0 amide bonds. The summed E-state index contributed by atoms with van der Waals surface area (Å²) in [6.45, 7) is 8.89. The minimum absolute atomic E-state index is 0.182. The number of ether oxygens (including phenoxy) is 2. The van der Waals surface area contributed by atoms with E-state index in [1.54, 1.807) is 19.1 Å². The van der Waals surface area contributed by atoms with Crippen LogP contribution in [0.15, 0.2) is 60.7 Å². The van der Waals surface area contributed by atoms with E-state index in [4.69, 9.17) is 9.72 Å². The predicted molar refractivity (Wildman–Crippen MR) is 183 cm³/mol. The Morgan fingerprint density at radius 1 is 0.980 bits per heavy atom. The van der Waals surface area contributed by atoms with Crippen LogP contribution in [-0.4, -0.2) is 76.3 Å². The first-order valence-electron chi connectivity index (χ1n) is 16.4. The number of alkyl halides is 3. The molecule has 7 rings (SSSR count). The second kappa shape index (κ2) is 13.7. The maximum Gasteiger partial charge on any atom is 0.573 e. The third kappa shape index (κ3) is 7.49. The van der Waals surface area contributed by atoms with Gasteiger partial charge in [0.2, 0.25) is 5.13 Å². The summed E-state index contributed by atoms with van der Waals surface area (Å²) in [6.07, 6.45) is -2.56. The Balaban J connectivity index is 1.23. The highest BCUT2D eigenvalue weighted by Gasteiger charge is 2.32. The van der Waals surface area contributed by atoms with Crippen molar-refractivity contribution >= 4 is 44.8 Å². The van der Waals surface area contributed by atoms with Crippen LogP contribution in [0.25, 0.3) is 33.0 Å². The van der Waals surface area contributed by atoms with Crippen molar-refractivity contribution in [3.63, 3.8) is 0 Å². The van der Waals surface area contributed by atoms with Gasteiger partial charge in [0.25, 0.3) is 0 Å². The van der Waals surface area contributed by atoms with Gasteiger partial charge in [0.05, 0.1) is 35.4 Å². The number of fused-ring (bicyclic) bond motifs is 1. The van der Waals surface area contributed by atoms with Crippen LogP contribution in [-0.2, 0) is 16.0 Å². The van der Waals surface area contributed by atoms with Gasteiger partial charge in [-0.1, -0.05) is 36.5 Å². The van der Waals surface area contributed by atoms with E-state index in [-0.39, 0.29) is 24.2 Å². The number of nitrogens with one attached hydrogen (secondary N) is 1. The molecule has 1 saturated heterocycles. The Morgan fingerprint density at radius 3 is 2.45 bits per heavy atom. The number of anilines is 3. The summed E-state index contributed by atoms with van der Waals surface area (Å²) >= 11 is 1.41. The minimum Gasteiger partial charge on any atom is -0.466 e. The topological polar surface area (TPSA) is 97.6 Å². The van der Waals surface area contributed by atoms with Gasteiger partial charge < -0.3 is 29.2 Å².